The summed E-state index contributed by atoms with van der Waals surface area (Å²) >= 11 is 3.30. The van der Waals surface area contributed by atoms with E-state index in [1.807, 2.05) is 41.1 Å². The average molecular weight is 331 g/mol. The summed E-state index contributed by atoms with van der Waals surface area (Å²) in [5.41, 5.74) is 1.56. The third kappa shape index (κ3) is 2.85. The number of pyridine rings is 2. The summed E-state index contributed by atoms with van der Waals surface area (Å²) in [5, 5.41) is 2.74. The zero-order chi connectivity index (χ0) is 13.9. The Bertz CT molecular complexity index is 718. The molecule has 0 bridgehead atoms. The largest absolute Gasteiger partial charge is 0.310 e. The van der Waals surface area contributed by atoms with E-state index in [0.29, 0.717) is 5.82 Å². The minimum absolute atomic E-state index is 0.136. The molecular weight excluding hydrogens is 320 g/mol. The highest BCUT2D eigenvalue weighted by atomic mass is 79.9. The normalized spacial score (nSPS) is 10.7. The number of nitrogens with zero attached hydrogens (tertiary/aromatic N) is 3. The Hall–Kier alpha value is -2.21. The fourth-order valence-corrected chi connectivity index (χ4v) is 2.11. The van der Waals surface area contributed by atoms with Crippen LogP contribution in [0.25, 0.3) is 5.65 Å². The molecule has 0 spiro atoms. The SMILES string of the molecule is O=C(Cc1cn2ccccc2n1)Nc1ccc(Br)cn1. The van der Waals surface area contributed by atoms with Crippen LogP contribution < -0.4 is 5.32 Å². The van der Waals surface area contributed by atoms with E-state index in [-0.39, 0.29) is 12.3 Å². The molecule has 3 aromatic rings. The molecule has 0 saturated carbocycles. The first kappa shape index (κ1) is 12.8. The van der Waals surface area contributed by atoms with Crippen LogP contribution in [0.1, 0.15) is 5.69 Å². The molecule has 5 nitrogen and oxygen atoms in total. The number of rotatable bonds is 3. The smallest absolute Gasteiger partial charge is 0.231 e. The Morgan fingerprint density at radius 1 is 1.30 bits per heavy atom. The Morgan fingerprint density at radius 2 is 2.20 bits per heavy atom. The number of nitrogens with one attached hydrogen (secondary N) is 1. The summed E-state index contributed by atoms with van der Waals surface area (Å²) in [6, 6.07) is 9.30. The van der Waals surface area contributed by atoms with Crippen LogP contribution in [0, 0.1) is 0 Å². The van der Waals surface area contributed by atoms with Gasteiger partial charge in [0.2, 0.25) is 5.91 Å². The number of fused-ring (bicyclic) bond motifs is 1. The molecule has 0 aliphatic rings. The maximum Gasteiger partial charge on any atom is 0.231 e. The molecule has 1 amide bonds. The van der Waals surface area contributed by atoms with Gasteiger partial charge < -0.3 is 9.72 Å². The molecule has 0 atom stereocenters. The van der Waals surface area contributed by atoms with Gasteiger partial charge >= 0.3 is 0 Å². The topological polar surface area (TPSA) is 59.3 Å². The molecule has 0 fully saturated rings. The second kappa shape index (κ2) is 5.42. The van der Waals surface area contributed by atoms with Crippen LogP contribution >= 0.6 is 15.9 Å². The quantitative estimate of drug-likeness (QED) is 0.803. The van der Waals surface area contributed by atoms with Crippen LogP contribution in [0.5, 0.6) is 0 Å². The van der Waals surface area contributed by atoms with Crippen molar-refractivity contribution < 1.29 is 4.79 Å². The van der Waals surface area contributed by atoms with Gasteiger partial charge in [0.1, 0.15) is 11.5 Å². The first-order valence-electron chi connectivity index (χ1n) is 6.05. The van der Waals surface area contributed by atoms with Crippen LogP contribution in [0.3, 0.4) is 0 Å². The van der Waals surface area contributed by atoms with Crippen LogP contribution in [0.15, 0.2) is 53.4 Å². The molecule has 0 unspecified atom stereocenters. The number of anilines is 1. The van der Waals surface area contributed by atoms with Gasteiger partial charge in [0.25, 0.3) is 0 Å². The average Bonchev–Trinajstić information content (AvgIpc) is 2.83. The number of hydrogen-bond acceptors (Lipinski definition) is 3. The van der Waals surface area contributed by atoms with Crippen LogP contribution in [0.2, 0.25) is 0 Å². The summed E-state index contributed by atoms with van der Waals surface area (Å²) in [7, 11) is 0. The standard InChI is InChI=1S/C14H11BrN4O/c15-10-4-5-12(16-8-10)18-14(20)7-11-9-19-6-2-1-3-13(19)17-11/h1-6,8-9H,7H2,(H,16,18,20). The highest BCUT2D eigenvalue weighted by Crippen LogP contribution is 2.11. The van der Waals surface area contributed by atoms with Crippen molar-refractivity contribution in [3.05, 3.63) is 59.1 Å². The first-order valence-corrected chi connectivity index (χ1v) is 6.84. The van der Waals surface area contributed by atoms with Gasteiger partial charge in [-0.3, -0.25) is 4.79 Å². The van der Waals surface area contributed by atoms with Gasteiger partial charge in [-0.2, -0.15) is 0 Å². The van der Waals surface area contributed by atoms with Gasteiger partial charge in [0, 0.05) is 23.1 Å². The lowest BCUT2D eigenvalue weighted by atomic mass is 10.3. The highest BCUT2D eigenvalue weighted by molar-refractivity contribution is 9.10. The molecule has 100 valence electrons. The number of carbonyl (C=O) groups excluding carboxylic acids is 1. The predicted molar refractivity (Wildman–Crippen MR) is 79.5 cm³/mol. The number of carbonyl (C=O) groups is 1. The van der Waals surface area contributed by atoms with Crippen molar-refractivity contribution in [3.8, 4) is 0 Å². The maximum atomic E-state index is 11.9. The summed E-state index contributed by atoms with van der Waals surface area (Å²) in [4.78, 5) is 20.4. The lowest BCUT2D eigenvalue weighted by Gasteiger charge is -2.02. The van der Waals surface area contributed by atoms with E-state index >= 15 is 0 Å². The van der Waals surface area contributed by atoms with Crippen molar-refractivity contribution in [2.24, 2.45) is 0 Å². The van der Waals surface area contributed by atoms with Crippen molar-refractivity contribution in [2.75, 3.05) is 5.32 Å². The number of halogens is 1. The van der Waals surface area contributed by atoms with E-state index < -0.39 is 0 Å². The van der Waals surface area contributed by atoms with Crippen molar-refractivity contribution in [1.82, 2.24) is 14.4 Å². The highest BCUT2D eigenvalue weighted by Gasteiger charge is 2.08. The van der Waals surface area contributed by atoms with Gasteiger partial charge in [0.05, 0.1) is 12.1 Å². The first-order chi connectivity index (χ1) is 9.70. The minimum Gasteiger partial charge on any atom is -0.310 e. The number of hydrogen-bond donors (Lipinski definition) is 1. The summed E-state index contributed by atoms with van der Waals surface area (Å²) < 4.78 is 2.76. The van der Waals surface area contributed by atoms with E-state index in [2.05, 4.69) is 31.2 Å². The number of imidazole rings is 1. The van der Waals surface area contributed by atoms with Crippen LogP contribution in [0.4, 0.5) is 5.82 Å². The molecule has 3 aromatic heterocycles. The van der Waals surface area contributed by atoms with E-state index in [9.17, 15) is 4.79 Å². The lowest BCUT2D eigenvalue weighted by Crippen LogP contribution is -2.15. The van der Waals surface area contributed by atoms with Gasteiger partial charge in [-0.05, 0) is 40.2 Å². The monoisotopic (exact) mass is 330 g/mol. The second-order valence-corrected chi connectivity index (χ2v) is 5.20. The summed E-state index contributed by atoms with van der Waals surface area (Å²) in [6.07, 6.45) is 5.61. The summed E-state index contributed by atoms with van der Waals surface area (Å²) in [5.74, 6) is 0.394. The molecule has 0 aromatic carbocycles. The maximum absolute atomic E-state index is 11.9. The number of amides is 1. The third-order valence-corrected chi connectivity index (χ3v) is 3.22. The molecule has 0 aliphatic heterocycles. The third-order valence-electron chi connectivity index (χ3n) is 2.75. The van der Waals surface area contributed by atoms with Crippen molar-refractivity contribution in [2.45, 2.75) is 6.42 Å². The van der Waals surface area contributed by atoms with Crippen molar-refractivity contribution >= 4 is 33.3 Å². The summed E-state index contributed by atoms with van der Waals surface area (Å²) in [6.45, 7) is 0. The van der Waals surface area contributed by atoms with E-state index in [1.54, 1.807) is 12.3 Å². The van der Waals surface area contributed by atoms with Crippen LogP contribution in [-0.4, -0.2) is 20.3 Å². The van der Waals surface area contributed by atoms with Crippen molar-refractivity contribution in [3.63, 3.8) is 0 Å². The molecule has 0 saturated heterocycles. The Balaban J connectivity index is 1.70. The minimum atomic E-state index is -0.136. The molecule has 20 heavy (non-hydrogen) atoms. The number of aromatic nitrogens is 3. The fourth-order valence-electron chi connectivity index (χ4n) is 1.87. The van der Waals surface area contributed by atoms with E-state index in [4.69, 9.17) is 0 Å². The Kier molecular flexibility index (Phi) is 3.47. The van der Waals surface area contributed by atoms with Gasteiger partial charge in [-0.15, -0.1) is 0 Å². The lowest BCUT2D eigenvalue weighted by molar-refractivity contribution is -0.115. The van der Waals surface area contributed by atoms with E-state index in [0.717, 1.165) is 15.8 Å². The molecule has 1 N–H and O–H groups in total. The van der Waals surface area contributed by atoms with Gasteiger partial charge in [-0.25, -0.2) is 9.97 Å². The Labute approximate surface area is 123 Å². The molecule has 0 aliphatic carbocycles. The van der Waals surface area contributed by atoms with Gasteiger partial charge in [0.15, 0.2) is 0 Å². The second-order valence-electron chi connectivity index (χ2n) is 4.28. The van der Waals surface area contributed by atoms with E-state index in [1.165, 1.54) is 0 Å². The van der Waals surface area contributed by atoms with Gasteiger partial charge in [-0.1, -0.05) is 6.07 Å². The molecule has 6 heteroatoms. The zero-order valence-corrected chi connectivity index (χ0v) is 12.0. The zero-order valence-electron chi connectivity index (χ0n) is 10.5. The Morgan fingerprint density at radius 3 is 2.95 bits per heavy atom. The molecular formula is C14H11BrN4O. The predicted octanol–water partition coefficient (Wildman–Crippen LogP) is 2.67. The van der Waals surface area contributed by atoms with Crippen molar-refractivity contribution in [1.29, 1.82) is 0 Å². The molecule has 3 rings (SSSR count). The molecule has 0 radical (unpaired) electrons. The van der Waals surface area contributed by atoms with Crippen LogP contribution in [-0.2, 0) is 11.2 Å². The fraction of sp³-hybridized carbons (Fsp3) is 0.0714. The molecule has 3 heterocycles.